The fraction of sp³-hybridized carbons (Fsp3) is 0.914. The molecule has 0 aromatic carbocycles. The SMILES string of the molecule is CC(=O)N[C@@H]1[C@@H](O)[C@H](O[C@@H]2O[C@H](CO)[C@@H](O[C@@H]3O[C@H](CO[C@H]4O[C@H](CO)[C@@H](O)[C@H](O)[C@@H]4O[C@@H]4O[C@H](CO)[C@@H](O[C@@H]5O[C@H](CO)[C@H](O)[C@H](O[C@]6(C(=O)O)C[C@H](O)[C@@H](NC(C)=O)[C@H]([C@H](O)[C@H](O)CO)O6)[C@H]5O)[C@H](O)[C@H]4NC(C)=O)[C@@H](O[C@@H]4O[C@H](CO)[C@@H](O)[C@H](O)[C@H]4NC(C)=O)[C@H](O[C@H]4O[C@H](CO)[C@@H](O)[C@H](O)[C@@H]4O[C@@H]4O[C@H](CO)[C@@H](O)[C@H](O)[C@H]4NC(C)=O)[C@@H]3O)[C@H](O)[C@H]2NC(C)=O)[C@@H](CO[C@H]2O[C@H](C)[C@H](O)[C@H](O)[C@H]2O)O[C@H]1O. The molecule has 11 heterocycles. The molecule has 11 saturated heterocycles. The van der Waals surface area contributed by atoms with Crippen LogP contribution in [-0.2, 0) is 133 Å². The van der Waals surface area contributed by atoms with Crippen molar-refractivity contribution in [3.05, 3.63) is 0 Å². The number of amides is 6. The normalized spacial score (nSPS) is 47.2. The van der Waals surface area contributed by atoms with Crippen molar-refractivity contribution in [2.45, 2.75) is 398 Å². The maximum absolute atomic E-state index is 13.5. The number of carbonyl (C=O) groups excluding carboxylic acids is 6. The first-order chi connectivity index (χ1) is 68.4. The summed E-state index contributed by atoms with van der Waals surface area (Å²) < 4.78 is 128. The maximum atomic E-state index is 13.5. The van der Waals surface area contributed by atoms with Crippen molar-refractivity contribution in [2.75, 3.05) is 66.1 Å². The number of ether oxygens (including phenoxy) is 21. The van der Waals surface area contributed by atoms with Gasteiger partial charge in [-0.05, 0) is 6.92 Å². The van der Waals surface area contributed by atoms with Crippen LogP contribution in [0.25, 0.3) is 0 Å². The molecule has 145 heavy (non-hydrogen) atoms. The minimum atomic E-state index is -3.36. The standard InChI is InChI=1S/C81H134N6O58/c1-19-43(104)55(116)58(119)75(127-19)125-17-35-63(52(113)38(70(122)128-35)83-21(3)97)137-73-41(86-24(6)100)53(114)62(33(15-94)134-73)139-77-60(121)67(141-79-69(57(118)48(109)31(13-92)133-79)143-72-40(85-23(5)99)51(112)46(107)29(11-90)130-72)64(140-71-39(84-22(4)98)50(111)45(106)28(10-89)129-71)36(136-77)18-126-78-68(56(117)47(108)30(12-91)132-78)142-74-42(87-25(7)101)54(115)61(34(16-95)135-74)138-76-59(120)66(49(110)32(14-93)131-76)145-81(80(123)124)8-26(102)37(82-20(2)96)65(144-81)44(105)27(103)9-88/h19,26-79,88-95,102-122H,8-18H2,1-7H3,(H,82,96)(H,83,97)(H,84,98)(H,85,99)(H,86,100)(H,87,101)(H,123,124)/t19-,26+,27-,28-,29-,30-,31-,32-,33-,34-,35-,36-,37-,38-,39-,40-,41-,42-,43+,44-,45-,46-,47-,48-,49+,50-,51-,52-,53-,54-,55+,56+,57+,58-,59-,60+,61-,62-,63-,64-,65-,66+,67-,68+,69+,70-,71+,72+,73+,74+,75+,76+,77+,78+,79-,81+/m1/s1. The summed E-state index contributed by atoms with van der Waals surface area (Å²) in [5, 5.41) is 355. The highest BCUT2D eigenvalue weighted by Gasteiger charge is 2.65. The van der Waals surface area contributed by atoms with Gasteiger partial charge in [0.2, 0.25) is 35.4 Å². The molecule has 56 atom stereocenters. The molecule has 0 aromatic rings. The molecule has 11 fully saturated rings. The van der Waals surface area contributed by atoms with E-state index in [4.69, 9.17) is 99.5 Å². The Morgan fingerprint density at radius 1 is 0.297 bits per heavy atom. The van der Waals surface area contributed by atoms with Crippen LogP contribution in [0.4, 0.5) is 0 Å². The van der Waals surface area contributed by atoms with Gasteiger partial charge in [0, 0.05) is 48.0 Å². The second kappa shape index (κ2) is 51.8. The summed E-state index contributed by atoms with van der Waals surface area (Å²) in [6.07, 6.45) is -111. The second-order valence-corrected chi connectivity index (χ2v) is 36.7. The first-order valence-corrected chi connectivity index (χ1v) is 46.1. The van der Waals surface area contributed by atoms with Crippen molar-refractivity contribution in [3.63, 3.8) is 0 Å². The molecule has 0 bridgehead atoms. The van der Waals surface area contributed by atoms with Crippen molar-refractivity contribution in [2.24, 2.45) is 0 Å². The minimum absolute atomic E-state index is 0.840. The molecule has 64 heteroatoms. The molecule has 0 saturated carbocycles. The first kappa shape index (κ1) is 120. The largest absolute Gasteiger partial charge is 0.477 e. The van der Waals surface area contributed by atoms with Crippen LogP contribution in [0.5, 0.6) is 0 Å². The lowest BCUT2D eigenvalue weighted by atomic mass is 9.88. The number of rotatable bonds is 39. The summed E-state index contributed by atoms with van der Waals surface area (Å²) in [6, 6.07) is -12.0. The molecule has 64 nitrogen and oxygen atoms in total. The van der Waals surface area contributed by atoms with Crippen LogP contribution in [0.1, 0.15) is 54.9 Å². The van der Waals surface area contributed by atoms with E-state index in [2.05, 4.69) is 31.9 Å². The molecule has 0 radical (unpaired) electrons. The summed E-state index contributed by atoms with van der Waals surface area (Å²) in [4.78, 5) is 91.4. The lowest BCUT2D eigenvalue weighted by molar-refractivity contribution is -0.408. The second-order valence-electron chi connectivity index (χ2n) is 36.7. The summed E-state index contributed by atoms with van der Waals surface area (Å²) in [6.45, 7) is -5.79. The van der Waals surface area contributed by atoms with Gasteiger partial charge >= 0.3 is 5.97 Å². The van der Waals surface area contributed by atoms with Gasteiger partial charge in [-0.3, -0.25) is 28.8 Å². The number of carbonyl (C=O) groups is 7. The van der Waals surface area contributed by atoms with E-state index in [1.165, 1.54) is 6.92 Å². The Labute approximate surface area is 821 Å². The van der Waals surface area contributed by atoms with Crippen molar-refractivity contribution in [1.82, 2.24) is 31.9 Å². The molecule has 11 aliphatic heterocycles. The molecule has 0 unspecified atom stereocenters. The third-order valence-electron chi connectivity index (χ3n) is 26.3. The number of hydrogen-bond acceptors (Lipinski definition) is 57. The van der Waals surface area contributed by atoms with Crippen LogP contribution in [0, 0.1) is 0 Å². The van der Waals surface area contributed by atoms with E-state index < -0.39 is 457 Å². The maximum Gasteiger partial charge on any atom is 0.364 e. The average Bonchev–Trinajstić information content (AvgIpc) is 0.753. The van der Waals surface area contributed by atoms with Gasteiger partial charge in [-0.1, -0.05) is 0 Å². The fourth-order valence-electron chi connectivity index (χ4n) is 18.8. The summed E-state index contributed by atoms with van der Waals surface area (Å²) in [7, 11) is 0. The van der Waals surface area contributed by atoms with Crippen molar-refractivity contribution < 1.29 is 286 Å². The van der Waals surface area contributed by atoms with E-state index in [1.54, 1.807) is 0 Å². The summed E-state index contributed by atoms with van der Waals surface area (Å²) >= 11 is 0. The van der Waals surface area contributed by atoms with Crippen LogP contribution in [0.15, 0.2) is 0 Å². The monoisotopic (exact) mass is 2120 g/mol. The predicted molar refractivity (Wildman–Crippen MR) is 448 cm³/mol. The van der Waals surface area contributed by atoms with Crippen LogP contribution >= 0.6 is 0 Å². The number of hydrogen-bond donors (Lipinski definition) is 36. The summed E-state index contributed by atoms with van der Waals surface area (Å²) in [5.41, 5.74) is 0. The van der Waals surface area contributed by atoms with E-state index in [-0.39, 0.29) is 0 Å². The molecular weight excluding hydrogens is 1980 g/mol. The Hall–Kier alpha value is -5.71. The topological polar surface area (TPSA) is 992 Å². The number of aliphatic hydroxyl groups is 29. The third kappa shape index (κ3) is 26.9. The lowest BCUT2D eigenvalue weighted by Gasteiger charge is -2.52. The molecular formula is C81H134N6O58. The third-order valence-corrected chi connectivity index (χ3v) is 26.3. The van der Waals surface area contributed by atoms with E-state index in [0.29, 0.717) is 0 Å². The molecule has 0 aliphatic carbocycles. The first-order valence-electron chi connectivity index (χ1n) is 46.1. The van der Waals surface area contributed by atoms with Gasteiger partial charge in [0.05, 0.1) is 84.3 Å². The lowest BCUT2D eigenvalue weighted by Crippen LogP contribution is -2.71. The smallest absolute Gasteiger partial charge is 0.364 e. The van der Waals surface area contributed by atoms with Gasteiger partial charge in [0.25, 0.3) is 5.79 Å². The fourth-order valence-corrected chi connectivity index (χ4v) is 18.8. The van der Waals surface area contributed by atoms with E-state index in [0.717, 1.165) is 41.5 Å². The van der Waals surface area contributed by atoms with Crippen LogP contribution in [-0.4, -0.2) is 604 Å². The van der Waals surface area contributed by atoms with Gasteiger partial charge < -0.3 is 285 Å². The zero-order valence-corrected chi connectivity index (χ0v) is 78.4. The highest BCUT2D eigenvalue weighted by atomic mass is 16.8. The van der Waals surface area contributed by atoms with E-state index in [9.17, 15) is 187 Å². The molecule has 11 rings (SSSR count). The van der Waals surface area contributed by atoms with E-state index >= 15 is 0 Å². The Morgan fingerprint density at radius 3 is 1.04 bits per heavy atom. The summed E-state index contributed by atoms with van der Waals surface area (Å²) in [5.74, 6) is -11.5. The Kier molecular flexibility index (Phi) is 42.7. The Morgan fingerprint density at radius 2 is 0.614 bits per heavy atom. The van der Waals surface area contributed by atoms with Crippen molar-refractivity contribution >= 4 is 41.4 Å². The molecule has 36 N–H and O–H groups in total. The van der Waals surface area contributed by atoms with Gasteiger partial charge in [0.1, 0.15) is 256 Å². The van der Waals surface area contributed by atoms with Gasteiger partial charge in [-0.25, -0.2) is 4.79 Å². The number of carboxylic acid groups (broad SMARTS) is 1. The molecule has 836 valence electrons. The molecule has 11 aliphatic rings. The predicted octanol–water partition coefficient (Wildman–Crippen LogP) is -23.9. The van der Waals surface area contributed by atoms with Gasteiger partial charge in [0.15, 0.2) is 62.9 Å². The van der Waals surface area contributed by atoms with Crippen LogP contribution in [0.2, 0.25) is 0 Å². The number of aliphatic carboxylic acids is 1. The highest BCUT2D eigenvalue weighted by Crippen LogP contribution is 2.44. The van der Waals surface area contributed by atoms with Crippen molar-refractivity contribution in [3.8, 4) is 0 Å². The van der Waals surface area contributed by atoms with Crippen LogP contribution < -0.4 is 31.9 Å². The Bertz CT molecular complexity index is 4150. The average molecular weight is 2120 g/mol. The molecule has 0 spiro atoms. The van der Waals surface area contributed by atoms with Gasteiger partial charge in [-0.2, -0.15) is 0 Å². The molecule has 6 amide bonds. The number of aliphatic hydroxyl groups excluding tert-OH is 29. The highest BCUT2D eigenvalue weighted by molar-refractivity contribution is 5.77. The quantitative estimate of drug-likeness (QED) is 0.0272. The zero-order valence-electron chi connectivity index (χ0n) is 78.4. The van der Waals surface area contributed by atoms with Gasteiger partial charge in [-0.15, -0.1) is 0 Å². The molecule has 0 aromatic heterocycles. The zero-order chi connectivity index (χ0) is 107. The minimum Gasteiger partial charge on any atom is -0.477 e. The van der Waals surface area contributed by atoms with Crippen LogP contribution in [0.3, 0.4) is 0 Å². The number of carboxylic acids is 1. The van der Waals surface area contributed by atoms with Crippen molar-refractivity contribution in [1.29, 1.82) is 0 Å². The van der Waals surface area contributed by atoms with E-state index in [1.807, 2.05) is 0 Å². The number of nitrogens with one attached hydrogen (secondary N) is 6. The Balaban J connectivity index is 0.987.